The molecule has 2 heterocycles. The summed E-state index contributed by atoms with van der Waals surface area (Å²) in [6, 6.07) is 12.2. The third-order valence-electron chi connectivity index (χ3n) is 5.88. The highest BCUT2D eigenvalue weighted by Crippen LogP contribution is 2.42. The molecule has 0 bridgehead atoms. The molecule has 0 aliphatic carbocycles. The Morgan fingerprint density at radius 3 is 2.59 bits per heavy atom. The first-order valence-electron chi connectivity index (χ1n) is 10.3. The third kappa shape index (κ3) is 4.31. The minimum absolute atomic E-state index is 0.0687. The van der Waals surface area contributed by atoms with E-state index in [1.807, 2.05) is 24.3 Å². The van der Waals surface area contributed by atoms with Gasteiger partial charge in [0.1, 0.15) is 19.0 Å². The molecule has 3 atom stereocenters. The molecule has 8 heteroatoms. The summed E-state index contributed by atoms with van der Waals surface area (Å²) < 4.78 is 18.0. The summed E-state index contributed by atoms with van der Waals surface area (Å²) in [5.74, 6) is 5.23. The molecule has 7 nitrogen and oxygen atoms in total. The second kappa shape index (κ2) is 9.39. The number of hydrogen-bond acceptors (Lipinski definition) is 4. The van der Waals surface area contributed by atoms with Gasteiger partial charge < -0.3 is 25.0 Å². The van der Waals surface area contributed by atoms with Crippen molar-refractivity contribution in [3.63, 3.8) is 0 Å². The summed E-state index contributed by atoms with van der Waals surface area (Å²) in [4.78, 5) is 28.6. The van der Waals surface area contributed by atoms with E-state index < -0.39 is 11.8 Å². The number of nitrogens with one attached hydrogen (secondary N) is 1. The summed E-state index contributed by atoms with van der Waals surface area (Å²) in [6.45, 7) is 0.478. The van der Waals surface area contributed by atoms with E-state index in [1.54, 1.807) is 12.0 Å². The Labute approximate surface area is 185 Å². The van der Waals surface area contributed by atoms with E-state index in [-0.39, 0.29) is 37.1 Å². The zero-order chi connectivity index (χ0) is 22.7. The first-order chi connectivity index (χ1) is 15.5. The molecule has 2 aromatic rings. The number of aliphatic hydroxyl groups is 1. The molecule has 2 aromatic carbocycles. The van der Waals surface area contributed by atoms with Gasteiger partial charge in [-0.3, -0.25) is 4.79 Å². The maximum atomic E-state index is 13.1. The molecule has 0 unspecified atom stereocenters. The largest absolute Gasteiger partial charge is 0.394 e. The van der Waals surface area contributed by atoms with Crippen molar-refractivity contribution >= 4 is 17.6 Å². The molecule has 3 amide bonds. The van der Waals surface area contributed by atoms with E-state index in [0.717, 1.165) is 11.1 Å². The summed E-state index contributed by atoms with van der Waals surface area (Å²) in [5, 5.41) is 12.6. The molecule has 2 N–H and O–H groups in total. The number of urea groups is 1. The second-order valence-corrected chi connectivity index (χ2v) is 7.82. The SMILES string of the molecule is COCC#Cc1ccc([C@H]2[C@H](CO)N3C(=O)CN(C(=O)Nc4ccc(F)cc4)C[C@@H]23)cc1. The average Bonchev–Trinajstić information content (AvgIpc) is 2.78. The van der Waals surface area contributed by atoms with Crippen LogP contribution >= 0.6 is 0 Å². The van der Waals surface area contributed by atoms with E-state index in [0.29, 0.717) is 18.8 Å². The van der Waals surface area contributed by atoms with E-state index in [1.165, 1.54) is 29.2 Å². The molecular weight excluding hydrogens is 413 g/mol. The van der Waals surface area contributed by atoms with Crippen LogP contribution in [0.4, 0.5) is 14.9 Å². The number of aliphatic hydroxyl groups excluding tert-OH is 1. The zero-order valence-electron chi connectivity index (χ0n) is 17.6. The number of ether oxygens (including phenoxy) is 1. The number of amides is 3. The Morgan fingerprint density at radius 2 is 1.94 bits per heavy atom. The predicted octanol–water partition coefficient (Wildman–Crippen LogP) is 2.03. The van der Waals surface area contributed by atoms with Crippen molar-refractivity contribution < 1.29 is 23.8 Å². The highest BCUT2D eigenvalue weighted by Gasteiger charge is 2.54. The molecule has 4 rings (SSSR count). The summed E-state index contributed by atoms with van der Waals surface area (Å²) >= 11 is 0. The Kier molecular flexibility index (Phi) is 6.40. The number of anilines is 1. The number of methoxy groups -OCH3 is 1. The lowest BCUT2D eigenvalue weighted by Gasteiger charge is -2.58. The van der Waals surface area contributed by atoms with E-state index >= 15 is 0 Å². The zero-order valence-corrected chi connectivity index (χ0v) is 17.6. The fourth-order valence-corrected chi connectivity index (χ4v) is 4.39. The minimum atomic E-state index is -0.417. The van der Waals surface area contributed by atoms with Crippen LogP contribution < -0.4 is 5.32 Å². The number of carbonyl (C=O) groups is 2. The normalized spacial score (nSPS) is 21.8. The first-order valence-corrected chi connectivity index (χ1v) is 10.3. The van der Waals surface area contributed by atoms with Gasteiger partial charge in [-0.05, 0) is 42.0 Å². The Bertz CT molecular complexity index is 1050. The van der Waals surface area contributed by atoms with E-state index in [4.69, 9.17) is 4.74 Å². The quantitative estimate of drug-likeness (QED) is 0.718. The van der Waals surface area contributed by atoms with Crippen molar-refractivity contribution in [2.24, 2.45) is 0 Å². The van der Waals surface area contributed by atoms with Gasteiger partial charge in [0.15, 0.2) is 0 Å². The van der Waals surface area contributed by atoms with Crippen LogP contribution in [0.2, 0.25) is 0 Å². The van der Waals surface area contributed by atoms with Crippen molar-refractivity contribution in [2.75, 3.05) is 38.7 Å². The lowest BCUT2D eigenvalue weighted by atomic mass is 9.73. The maximum Gasteiger partial charge on any atom is 0.322 e. The molecule has 2 aliphatic rings. The Hall–Kier alpha value is -3.41. The van der Waals surface area contributed by atoms with Gasteiger partial charge in [-0.2, -0.15) is 0 Å². The van der Waals surface area contributed by atoms with Gasteiger partial charge >= 0.3 is 6.03 Å². The summed E-state index contributed by atoms with van der Waals surface area (Å²) in [6.07, 6.45) is 0. The number of carbonyl (C=O) groups excluding carboxylic acids is 2. The number of hydrogen-bond donors (Lipinski definition) is 2. The highest BCUT2D eigenvalue weighted by atomic mass is 19.1. The second-order valence-electron chi connectivity index (χ2n) is 7.82. The Morgan fingerprint density at radius 1 is 1.22 bits per heavy atom. The van der Waals surface area contributed by atoms with Gasteiger partial charge in [0.25, 0.3) is 0 Å². The van der Waals surface area contributed by atoms with Gasteiger partial charge in [0.2, 0.25) is 5.91 Å². The predicted molar refractivity (Wildman–Crippen MR) is 116 cm³/mol. The van der Waals surface area contributed by atoms with E-state index in [9.17, 15) is 19.1 Å². The molecule has 0 spiro atoms. The van der Waals surface area contributed by atoms with Crippen molar-refractivity contribution in [1.29, 1.82) is 0 Å². The van der Waals surface area contributed by atoms with Crippen molar-refractivity contribution in [1.82, 2.24) is 9.80 Å². The molecule has 0 radical (unpaired) electrons. The lowest BCUT2D eigenvalue weighted by Crippen LogP contribution is -2.73. The van der Waals surface area contributed by atoms with Gasteiger partial charge in [-0.15, -0.1) is 0 Å². The molecule has 0 aromatic heterocycles. The highest BCUT2D eigenvalue weighted by molar-refractivity contribution is 5.93. The summed E-state index contributed by atoms with van der Waals surface area (Å²) in [7, 11) is 1.59. The minimum Gasteiger partial charge on any atom is -0.394 e. The fourth-order valence-electron chi connectivity index (χ4n) is 4.39. The maximum absolute atomic E-state index is 13.1. The smallest absolute Gasteiger partial charge is 0.322 e. The van der Waals surface area contributed by atoms with Crippen LogP contribution in [0.5, 0.6) is 0 Å². The van der Waals surface area contributed by atoms with E-state index in [2.05, 4.69) is 17.2 Å². The average molecular weight is 437 g/mol. The molecule has 0 saturated carbocycles. The van der Waals surface area contributed by atoms with Crippen LogP contribution in [0.3, 0.4) is 0 Å². The molecule has 2 fully saturated rings. The topological polar surface area (TPSA) is 82.1 Å². The number of halogens is 1. The monoisotopic (exact) mass is 437 g/mol. The number of nitrogens with zero attached hydrogens (tertiary/aromatic N) is 2. The first kappa shape index (κ1) is 21.8. The van der Waals surface area contributed by atoms with Crippen LogP contribution in [0.15, 0.2) is 48.5 Å². The van der Waals surface area contributed by atoms with Crippen LogP contribution in [0.1, 0.15) is 17.0 Å². The molecule has 166 valence electrons. The van der Waals surface area contributed by atoms with Gasteiger partial charge in [-0.1, -0.05) is 24.0 Å². The molecular formula is C24H24FN3O4. The molecule has 2 aliphatic heterocycles. The number of rotatable bonds is 4. The lowest BCUT2D eigenvalue weighted by molar-refractivity contribution is -0.159. The van der Waals surface area contributed by atoms with Crippen LogP contribution in [-0.2, 0) is 9.53 Å². The van der Waals surface area contributed by atoms with Gasteiger partial charge in [-0.25, -0.2) is 9.18 Å². The summed E-state index contributed by atoms with van der Waals surface area (Å²) in [5.41, 5.74) is 2.29. The molecule has 32 heavy (non-hydrogen) atoms. The van der Waals surface area contributed by atoms with Crippen molar-refractivity contribution in [3.05, 3.63) is 65.5 Å². The van der Waals surface area contributed by atoms with Crippen molar-refractivity contribution in [2.45, 2.75) is 18.0 Å². The van der Waals surface area contributed by atoms with Gasteiger partial charge in [0.05, 0.1) is 18.7 Å². The molecule has 2 saturated heterocycles. The van der Waals surface area contributed by atoms with Crippen LogP contribution in [0.25, 0.3) is 0 Å². The number of fused-ring (bicyclic) bond motifs is 1. The fraction of sp³-hybridized carbons (Fsp3) is 0.333. The van der Waals surface area contributed by atoms with Crippen LogP contribution in [0, 0.1) is 17.7 Å². The standard InChI is InChI=1S/C24H24FN3O4/c1-32-12-2-3-16-4-6-17(7-5-16)23-20-13-27(14-22(30)28(20)21(23)15-29)24(31)26-19-10-8-18(25)9-11-19/h4-11,20-21,23,29H,12-15H2,1H3,(H,26,31)/t20-,21-,23+/m0/s1. The Balaban J connectivity index is 1.48. The number of piperazine rings is 1. The number of benzene rings is 2. The van der Waals surface area contributed by atoms with Crippen LogP contribution in [-0.4, -0.2) is 72.3 Å². The van der Waals surface area contributed by atoms with Crippen molar-refractivity contribution in [3.8, 4) is 11.8 Å². The van der Waals surface area contributed by atoms with Gasteiger partial charge in [0, 0.05) is 30.8 Å². The third-order valence-corrected chi connectivity index (χ3v) is 5.88.